The molecule has 0 amide bonds. The molecule has 0 saturated heterocycles. The Morgan fingerprint density at radius 3 is 2.36 bits per heavy atom. The van der Waals surface area contributed by atoms with E-state index >= 15 is 0 Å². The molecule has 0 heterocycles. The highest BCUT2D eigenvalue weighted by Crippen LogP contribution is 2.35. The number of rotatable bonds is 1. The fraction of sp³-hybridized carbons (Fsp3) is 0.125. The van der Waals surface area contributed by atoms with Crippen molar-refractivity contribution in [1.29, 1.82) is 0 Å². The second-order valence-electron chi connectivity index (χ2n) is 2.37. The fourth-order valence-corrected chi connectivity index (χ4v) is 2.54. The lowest BCUT2D eigenvalue weighted by atomic mass is 10.3. The third-order valence-corrected chi connectivity index (χ3v) is 3.12. The Morgan fingerprint density at radius 1 is 1.43 bits per heavy atom. The first-order valence-electron chi connectivity index (χ1n) is 3.57. The Kier molecular flexibility index (Phi) is 4.82. The highest BCUT2D eigenvalue weighted by Gasteiger charge is 2.06. The van der Waals surface area contributed by atoms with Crippen molar-refractivity contribution in [2.45, 2.75) is 0 Å². The van der Waals surface area contributed by atoms with Crippen molar-refractivity contribution in [3.05, 3.63) is 25.7 Å². The second-order valence-corrected chi connectivity index (χ2v) is 5.26. The van der Waals surface area contributed by atoms with Crippen LogP contribution in [0.5, 0.6) is 0 Å². The molecular formula is C8H7Cl2IN2S. The first-order valence-corrected chi connectivity index (χ1v) is 6.63. The van der Waals surface area contributed by atoms with Crippen LogP contribution >= 0.6 is 57.6 Å². The maximum absolute atomic E-state index is 5.97. The van der Waals surface area contributed by atoms with Gasteiger partial charge in [0.25, 0.3) is 0 Å². The lowest BCUT2D eigenvalue weighted by molar-refractivity contribution is 1.49. The van der Waals surface area contributed by atoms with Crippen LogP contribution in [-0.4, -0.2) is 11.4 Å². The zero-order valence-corrected chi connectivity index (χ0v) is 11.7. The van der Waals surface area contributed by atoms with Crippen LogP contribution in [0.3, 0.4) is 0 Å². The van der Waals surface area contributed by atoms with Gasteiger partial charge in [0, 0.05) is 3.57 Å². The minimum Gasteiger partial charge on any atom is -0.378 e. The van der Waals surface area contributed by atoms with Gasteiger partial charge in [0.1, 0.15) is 5.69 Å². The first-order chi connectivity index (χ1) is 6.54. The van der Waals surface area contributed by atoms with Gasteiger partial charge in [0.2, 0.25) is 0 Å². The van der Waals surface area contributed by atoms with E-state index in [1.807, 2.05) is 6.26 Å². The van der Waals surface area contributed by atoms with E-state index in [9.17, 15) is 0 Å². The highest BCUT2D eigenvalue weighted by molar-refractivity contribution is 14.1. The normalized spacial score (nSPS) is 11.9. The van der Waals surface area contributed by atoms with E-state index < -0.39 is 0 Å². The topological polar surface area (TPSA) is 38.4 Å². The van der Waals surface area contributed by atoms with Crippen molar-refractivity contribution in [3.8, 4) is 0 Å². The molecule has 0 radical (unpaired) electrons. The molecule has 14 heavy (non-hydrogen) atoms. The number of hydrogen-bond donors (Lipinski definition) is 1. The quantitative estimate of drug-likeness (QED) is 0.468. The molecule has 0 aromatic heterocycles. The summed E-state index contributed by atoms with van der Waals surface area (Å²) in [5, 5.41) is 1.47. The van der Waals surface area contributed by atoms with E-state index in [2.05, 4.69) is 27.6 Å². The Labute approximate surface area is 110 Å². The molecule has 0 aliphatic rings. The minimum absolute atomic E-state index is 0.440. The van der Waals surface area contributed by atoms with Crippen molar-refractivity contribution in [1.82, 2.24) is 0 Å². The minimum atomic E-state index is 0.440. The van der Waals surface area contributed by atoms with Crippen molar-refractivity contribution >= 4 is 68.4 Å². The molecule has 6 heteroatoms. The van der Waals surface area contributed by atoms with Crippen LogP contribution in [-0.2, 0) is 0 Å². The Hall–Kier alpha value is 0.350. The summed E-state index contributed by atoms with van der Waals surface area (Å²) in [5.41, 5.74) is 6.10. The van der Waals surface area contributed by atoms with Gasteiger partial charge in [0.05, 0.1) is 10.0 Å². The molecule has 0 spiro atoms. The summed E-state index contributed by atoms with van der Waals surface area (Å²) in [5.74, 6) is 0. The molecule has 1 aromatic rings. The van der Waals surface area contributed by atoms with E-state index in [-0.39, 0.29) is 0 Å². The summed E-state index contributed by atoms with van der Waals surface area (Å²) >= 11 is 15.4. The van der Waals surface area contributed by atoms with Gasteiger partial charge in [-0.05, 0) is 41.0 Å². The van der Waals surface area contributed by atoms with E-state index in [1.165, 1.54) is 11.8 Å². The summed E-state index contributed by atoms with van der Waals surface area (Å²) in [6.07, 6.45) is 1.84. The zero-order chi connectivity index (χ0) is 10.7. The van der Waals surface area contributed by atoms with E-state index in [0.29, 0.717) is 20.9 Å². The lowest BCUT2D eigenvalue weighted by Gasteiger charge is -2.03. The van der Waals surface area contributed by atoms with Gasteiger partial charge >= 0.3 is 0 Å². The van der Waals surface area contributed by atoms with Gasteiger partial charge in [-0.2, -0.15) is 0 Å². The molecule has 76 valence electrons. The van der Waals surface area contributed by atoms with Crippen molar-refractivity contribution in [2.24, 2.45) is 10.7 Å². The smallest absolute Gasteiger partial charge is 0.159 e. The van der Waals surface area contributed by atoms with Gasteiger partial charge in [-0.25, -0.2) is 4.99 Å². The summed E-state index contributed by atoms with van der Waals surface area (Å²) in [6.45, 7) is 0. The van der Waals surface area contributed by atoms with Crippen molar-refractivity contribution in [2.75, 3.05) is 6.26 Å². The van der Waals surface area contributed by atoms with Gasteiger partial charge in [-0.15, -0.1) is 0 Å². The average Bonchev–Trinajstić information content (AvgIpc) is 2.10. The van der Waals surface area contributed by atoms with Gasteiger partial charge in [-0.3, -0.25) is 0 Å². The summed E-state index contributed by atoms with van der Waals surface area (Å²) in [4.78, 5) is 4.11. The molecule has 0 saturated carbocycles. The van der Waals surface area contributed by atoms with Crippen LogP contribution in [0.2, 0.25) is 10.0 Å². The molecule has 0 unspecified atom stereocenters. The number of nitrogens with zero attached hydrogens (tertiary/aromatic N) is 1. The first kappa shape index (κ1) is 12.4. The Bertz CT molecular complexity index is 359. The number of benzene rings is 1. The number of hydrogen-bond acceptors (Lipinski definition) is 2. The highest BCUT2D eigenvalue weighted by atomic mass is 127. The third kappa shape index (κ3) is 3.18. The predicted octanol–water partition coefficient (Wildman–Crippen LogP) is 3.91. The van der Waals surface area contributed by atoms with Crippen LogP contribution in [0.4, 0.5) is 5.69 Å². The Balaban J connectivity index is 3.21. The summed E-state index contributed by atoms with van der Waals surface area (Å²) in [7, 11) is 0. The number of amidine groups is 1. The summed E-state index contributed by atoms with van der Waals surface area (Å²) in [6, 6.07) is 3.58. The largest absolute Gasteiger partial charge is 0.378 e. The molecule has 2 nitrogen and oxygen atoms in total. The third-order valence-electron chi connectivity index (χ3n) is 1.41. The van der Waals surface area contributed by atoms with E-state index in [1.54, 1.807) is 12.1 Å². The Morgan fingerprint density at radius 2 is 1.93 bits per heavy atom. The molecule has 2 N–H and O–H groups in total. The molecule has 0 aliphatic carbocycles. The van der Waals surface area contributed by atoms with Crippen LogP contribution in [0.15, 0.2) is 17.1 Å². The molecule has 0 atom stereocenters. The number of aliphatic imine (C=N–C) groups is 1. The molecule has 1 aromatic carbocycles. The van der Waals surface area contributed by atoms with Crippen molar-refractivity contribution in [3.63, 3.8) is 0 Å². The summed E-state index contributed by atoms with van der Waals surface area (Å²) < 4.78 is 0.972. The van der Waals surface area contributed by atoms with E-state index in [0.717, 1.165) is 3.57 Å². The monoisotopic (exact) mass is 360 g/mol. The molecule has 0 aliphatic heterocycles. The molecule has 1 rings (SSSR count). The molecule has 0 fully saturated rings. The number of thioether (sulfide) groups is 1. The van der Waals surface area contributed by atoms with Crippen molar-refractivity contribution < 1.29 is 0 Å². The standard InChI is InChI=1S/C8H7Cl2IN2S/c1-14-8(12)13-7-5(9)2-4(11)3-6(7)10/h2-3H,1H3,(H2,12,13). The lowest BCUT2D eigenvalue weighted by Crippen LogP contribution is -2.04. The van der Waals surface area contributed by atoms with Crippen LogP contribution in [0, 0.1) is 3.57 Å². The second kappa shape index (κ2) is 5.44. The predicted molar refractivity (Wildman–Crippen MR) is 74.0 cm³/mol. The SMILES string of the molecule is CSC(N)=Nc1c(Cl)cc(I)cc1Cl. The maximum Gasteiger partial charge on any atom is 0.159 e. The zero-order valence-electron chi connectivity index (χ0n) is 7.22. The van der Waals surface area contributed by atoms with Gasteiger partial charge in [0.15, 0.2) is 5.17 Å². The van der Waals surface area contributed by atoms with Gasteiger partial charge in [-0.1, -0.05) is 35.0 Å². The van der Waals surface area contributed by atoms with Crippen LogP contribution < -0.4 is 5.73 Å². The fourth-order valence-electron chi connectivity index (χ4n) is 0.797. The average molecular weight is 361 g/mol. The van der Waals surface area contributed by atoms with Crippen LogP contribution in [0.25, 0.3) is 0 Å². The molecular weight excluding hydrogens is 354 g/mol. The van der Waals surface area contributed by atoms with E-state index in [4.69, 9.17) is 28.9 Å². The van der Waals surface area contributed by atoms with Gasteiger partial charge < -0.3 is 5.73 Å². The maximum atomic E-state index is 5.97. The van der Waals surface area contributed by atoms with Crippen LogP contribution in [0.1, 0.15) is 0 Å². The molecule has 0 bridgehead atoms. The number of halogens is 3. The number of nitrogens with two attached hydrogens (primary N) is 1.